The zero-order chi connectivity index (χ0) is 11.2. The first kappa shape index (κ1) is 11.6. The van der Waals surface area contributed by atoms with Crippen LogP contribution in [0.25, 0.3) is 0 Å². The maximum atomic E-state index is 8.61. The topological polar surface area (TPSA) is 49.0 Å². The van der Waals surface area contributed by atoms with E-state index in [9.17, 15) is 0 Å². The van der Waals surface area contributed by atoms with E-state index in [1.54, 1.807) is 6.07 Å². The number of nitriles is 1. The molecule has 1 N–H and O–H groups in total. The number of furan rings is 1. The van der Waals surface area contributed by atoms with Crippen LogP contribution in [0.1, 0.15) is 30.8 Å². The van der Waals surface area contributed by atoms with Gasteiger partial charge in [-0.15, -0.1) is 0 Å². The van der Waals surface area contributed by atoms with Crippen molar-refractivity contribution < 1.29 is 4.42 Å². The van der Waals surface area contributed by atoms with Gasteiger partial charge >= 0.3 is 0 Å². The van der Waals surface area contributed by atoms with E-state index in [-0.39, 0.29) is 0 Å². The third-order valence-corrected chi connectivity index (χ3v) is 4.12. The van der Waals surface area contributed by atoms with Crippen LogP contribution in [0.15, 0.2) is 16.5 Å². The monoisotopic (exact) mass is 236 g/mol. The zero-order valence-corrected chi connectivity index (χ0v) is 10.1. The molecule has 0 aliphatic carbocycles. The molecule has 1 aliphatic heterocycles. The summed E-state index contributed by atoms with van der Waals surface area (Å²) in [6, 6.07) is 5.56. The minimum absolute atomic E-state index is 0.392. The number of rotatable bonds is 4. The van der Waals surface area contributed by atoms with Gasteiger partial charge < -0.3 is 9.73 Å². The highest BCUT2D eigenvalue weighted by Crippen LogP contribution is 2.24. The summed E-state index contributed by atoms with van der Waals surface area (Å²) in [5.41, 5.74) is 0. The lowest BCUT2D eigenvalue weighted by Gasteiger charge is -2.21. The molecule has 1 atom stereocenters. The number of hydrogen-bond acceptors (Lipinski definition) is 4. The van der Waals surface area contributed by atoms with Crippen molar-refractivity contribution in [3.8, 4) is 6.07 Å². The fraction of sp³-hybridized carbons (Fsp3) is 0.583. The molecule has 2 heterocycles. The van der Waals surface area contributed by atoms with Gasteiger partial charge in [0.2, 0.25) is 5.76 Å². The molecule has 0 radical (unpaired) electrons. The molecule has 4 heteroatoms. The molecule has 0 amide bonds. The average Bonchev–Trinajstić information content (AvgIpc) is 2.78. The summed E-state index contributed by atoms with van der Waals surface area (Å²) in [5.74, 6) is 2.53. The molecule has 1 aliphatic rings. The van der Waals surface area contributed by atoms with Gasteiger partial charge in [0.05, 0.1) is 6.54 Å². The first-order valence-electron chi connectivity index (χ1n) is 5.69. The highest BCUT2D eigenvalue weighted by atomic mass is 32.2. The van der Waals surface area contributed by atoms with Crippen molar-refractivity contribution in [3.05, 3.63) is 23.7 Å². The Morgan fingerprint density at radius 3 is 3.12 bits per heavy atom. The van der Waals surface area contributed by atoms with Crippen LogP contribution in [0.5, 0.6) is 0 Å². The molecule has 1 aromatic rings. The molecule has 16 heavy (non-hydrogen) atoms. The summed E-state index contributed by atoms with van der Waals surface area (Å²) in [6.45, 7) is 1.76. The number of nitrogens with zero attached hydrogens (tertiary/aromatic N) is 1. The van der Waals surface area contributed by atoms with Crippen molar-refractivity contribution in [2.45, 2.75) is 31.1 Å². The summed E-state index contributed by atoms with van der Waals surface area (Å²) < 4.78 is 5.29. The van der Waals surface area contributed by atoms with Gasteiger partial charge in [0.15, 0.2) is 0 Å². The molecule has 0 aromatic carbocycles. The molecule has 1 aromatic heterocycles. The van der Waals surface area contributed by atoms with Gasteiger partial charge in [0.25, 0.3) is 0 Å². The van der Waals surface area contributed by atoms with Crippen LogP contribution < -0.4 is 5.32 Å². The Kier molecular flexibility index (Phi) is 4.32. The summed E-state index contributed by atoms with van der Waals surface area (Å²) in [5, 5.41) is 12.7. The number of hydrogen-bond donors (Lipinski definition) is 1. The second-order valence-corrected chi connectivity index (χ2v) is 5.41. The standard InChI is InChI=1S/C12H16N2OS/c13-7-10-4-5-11(15-10)8-14-9-12-3-1-2-6-16-12/h4-5,12,14H,1-3,6,8-9H2. The van der Waals surface area contributed by atoms with Gasteiger partial charge in [-0.3, -0.25) is 0 Å². The predicted octanol–water partition coefficient (Wildman–Crippen LogP) is 2.53. The Morgan fingerprint density at radius 2 is 2.44 bits per heavy atom. The predicted molar refractivity (Wildman–Crippen MR) is 65.2 cm³/mol. The van der Waals surface area contributed by atoms with Gasteiger partial charge in [-0.2, -0.15) is 17.0 Å². The lowest BCUT2D eigenvalue weighted by Crippen LogP contribution is -2.26. The van der Waals surface area contributed by atoms with Crippen molar-refractivity contribution in [2.24, 2.45) is 0 Å². The highest BCUT2D eigenvalue weighted by Gasteiger charge is 2.13. The van der Waals surface area contributed by atoms with Gasteiger partial charge in [0.1, 0.15) is 11.8 Å². The zero-order valence-electron chi connectivity index (χ0n) is 9.24. The van der Waals surface area contributed by atoms with E-state index in [1.807, 2.05) is 12.1 Å². The van der Waals surface area contributed by atoms with Gasteiger partial charge in [-0.05, 0) is 30.7 Å². The molecule has 3 nitrogen and oxygen atoms in total. The Hall–Kier alpha value is -0.920. The molecular weight excluding hydrogens is 220 g/mol. The van der Waals surface area contributed by atoms with Crippen molar-refractivity contribution in [2.75, 3.05) is 12.3 Å². The van der Waals surface area contributed by atoms with E-state index in [0.717, 1.165) is 24.1 Å². The normalized spacial score (nSPS) is 20.6. The molecule has 1 unspecified atom stereocenters. The van der Waals surface area contributed by atoms with Crippen LogP contribution >= 0.6 is 11.8 Å². The van der Waals surface area contributed by atoms with E-state index in [0.29, 0.717) is 5.76 Å². The number of nitrogens with one attached hydrogen (secondary N) is 1. The van der Waals surface area contributed by atoms with Crippen LogP contribution in [0.3, 0.4) is 0 Å². The van der Waals surface area contributed by atoms with E-state index in [2.05, 4.69) is 17.1 Å². The largest absolute Gasteiger partial charge is 0.449 e. The minimum Gasteiger partial charge on any atom is -0.449 e. The lowest BCUT2D eigenvalue weighted by molar-refractivity contribution is 0.470. The first-order chi connectivity index (χ1) is 7.88. The molecule has 0 spiro atoms. The molecule has 2 rings (SSSR count). The van der Waals surface area contributed by atoms with Crippen molar-refractivity contribution >= 4 is 11.8 Å². The van der Waals surface area contributed by atoms with Crippen LogP contribution in [0.4, 0.5) is 0 Å². The molecule has 0 saturated carbocycles. The van der Waals surface area contributed by atoms with Gasteiger partial charge in [-0.1, -0.05) is 6.42 Å². The van der Waals surface area contributed by atoms with E-state index < -0.39 is 0 Å². The van der Waals surface area contributed by atoms with E-state index in [4.69, 9.17) is 9.68 Å². The Bertz CT molecular complexity index is 363. The van der Waals surface area contributed by atoms with Crippen molar-refractivity contribution in [3.63, 3.8) is 0 Å². The summed E-state index contributed by atoms with van der Waals surface area (Å²) in [4.78, 5) is 0. The SMILES string of the molecule is N#Cc1ccc(CNCC2CCCCS2)o1. The maximum Gasteiger partial charge on any atom is 0.203 e. The molecule has 1 fully saturated rings. The highest BCUT2D eigenvalue weighted by molar-refractivity contribution is 7.99. The van der Waals surface area contributed by atoms with Crippen LogP contribution in [0.2, 0.25) is 0 Å². The Morgan fingerprint density at radius 1 is 1.50 bits per heavy atom. The minimum atomic E-state index is 0.392. The second-order valence-electron chi connectivity index (χ2n) is 4.00. The van der Waals surface area contributed by atoms with E-state index >= 15 is 0 Å². The van der Waals surface area contributed by atoms with Crippen LogP contribution in [-0.2, 0) is 6.54 Å². The third-order valence-electron chi connectivity index (χ3n) is 2.72. The second kappa shape index (κ2) is 5.97. The van der Waals surface area contributed by atoms with Crippen LogP contribution in [0, 0.1) is 11.3 Å². The maximum absolute atomic E-state index is 8.61. The summed E-state index contributed by atoms with van der Waals surface area (Å²) >= 11 is 2.06. The molecular formula is C12H16N2OS. The fourth-order valence-electron chi connectivity index (χ4n) is 1.86. The third kappa shape index (κ3) is 3.29. The quantitative estimate of drug-likeness (QED) is 0.872. The van der Waals surface area contributed by atoms with Crippen molar-refractivity contribution in [1.29, 1.82) is 5.26 Å². The van der Waals surface area contributed by atoms with Crippen molar-refractivity contribution in [1.82, 2.24) is 5.32 Å². The van der Waals surface area contributed by atoms with Crippen LogP contribution in [-0.4, -0.2) is 17.5 Å². The smallest absolute Gasteiger partial charge is 0.203 e. The fourth-order valence-corrected chi connectivity index (χ4v) is 3.13. The summed E-state index contributed by atoms with van der Waals surface area (Å²) in [6.07, 6.45) is 4.04. The Labute approximate surface area is 100 Å². The molecule has 1 saturated heterocycles. The van der Waals surface area contributed by atoms with Gasteiger partial charge in [0, 0.05) is 11.8 Å². The van der Waals surface area contributed by atoms with E-state index in [1.165, 1.54) is 25.0 Å². The average molecular weight is 236 g/mol. The summed E-state index contributed by atoms with van der Waals surface area (Å²) in [7, 11) is 0. The molecule has 0 bridgehead atoms. The lowest BCUT2D eigenvalue weighted by atomic mass is 10.2. The first-order valence-corrected chi connectivity index (χ1v) is 6.74. The Balaban J connectivity index is 1.69. The molecule has 86 valence electrons. The van der Waals surface area contributed by atoms with Gasteiger partial charge in [-0.25, -0.2) is 0 Å². The number of thioether (sulfide) groups is 1.